The Labute approximate surface area is 109 Å². The molecule has 2 unspecified atom stereocenters. The molecule has 1 aliphatic rings. The third-order valence-corrected chi connectivity index (χ3v) is 3.72. The van der Waals surface area contributed by atoms with Crippen LogP contribution in [0.1, 0.15) is 19.4 Å². The predicted molar refractivity (Wildman–Crippen MR) is 73.7 cm³/mol. The molecule has 1 fully saturated rings. The van der Waals surface area contributed by atoms with E-state index >= 15 is 0 Å². The SMILES string of the molecule is CC1CN(C(C)Cc2ccc(Cl)cc2)CCN1. The molecule has 0 bridgehead atoms. The van der Waals surface area contributed by atoms with Gasteiger partial charge in [-0.3, -0.25) is 4.90 Å². The zero-order chi connectivity index (χ0) is 12.3. The monoisotopic (exact) mass is 252 g/mol. The van der Waals surface area contributed by atoms with Gasteiger partial charge in [-0.15, -0.1) is 0 Å². The molecule has 1 aliphatic heterocycles. The second kappa shape index (κ2) is 5.85. The van der Waals surface area contributed by atoms with E-state index in [1.54, 1.807) is 0 Å². The molecule has 2 nitrogen and oxygen atoms in total. The summed E-state index contributed by atoms with van der Waals surface area (Å²) in [5.74, 6) is 0. The van der Waals surface area contributed by atoms with Crippen LogP contribution in [0.2, 0.25) is 5.02 Å². The van der Waals surface area contributed by atoms with Crippen molar-refractivity contribution in [3.63, 3.8) is 0 Å². The van der Waals surface area contributed by atoms with Gasteiger partial charge in [0.05, 0.1) is 0 Å². The summed E-state index contributed by atoms with van der Waals surface area (Å²) in [5, 5.41) is 4.30. The molecular weight excluding hydrogens is 232 g/mol. The molecule has 0 amide bonds. The highest BCUT2D eigenvalue weighted by molar-refractivity contribution is 6.30. The van der Waals surface area contributed by atoms with Crippen LogP contribution in [0.4, 0.5) is 0 Å². The van der Waals surface area contributed by atoms with E-state index in [9.17, 15) is 0 Å². The minimum Gasteiger partial charge on any atom is -0.312 e. The van der Waals surface area contributed by atoms with Gasteiger partial charge in [-0.05, 0) is 38.0 Å². The Hall–Kier alpha value is -0.570. The number of rotatable bonds is 3. The van der Waals surface area contributed by atoms with Crippen molar-refractivity contribution in [3.05, 3.63) is 34.9 Å². The molecule has 2 rings (SSSR count). The van der Waals surface area contributed by atoms with E-state index in [4.69, 9.17) is 11.6 Å². The van der Waals surface area contributed by atoms with E-state index in [0.29, 0.717) is 12.1 Å². The fourth-order valence-electron chi connectivity index (χ4n) is 2.45. The fourth-order valence-corrected chi connectivity index (χ4v) is 2.58. The number of piperazine rings is 1. The smallest absolute Gasteiger partial charge is 0.0406 e. The van der Waals surface area contributed by atoms with Crippen molar-refractivity contribution in [2.45, 2.75) is 32.4 Å². The van der Waals surface area contributed by atoms with Crippen LogP contribution in [-0.4, -0.2) is 36.6 Å². The second-order valence-corrected chi connectivity index (χ2v) is 5.47. The van der Waals surface area contributed by atoms with Gasteiger partial charge in [0.2, 0.25) is 0 Å². The van der Waals surface area contributed by atoms with Gasteiger partial charge in [0.25, 0.3) is 0 Å². The van der Waals surface area contributed by atoms with Gasteiger partial charge in [-0.25, -0.2) is 0 Å². The zero-order valence-electron chi connectivity index (χ0n) is 10.6. The molecule has 0 aliphatic carbocycles. The van der Waals surface area contributed by atoms with Gasteiger partial charge in [0.15, 0.2) is 0 Å². The van der Waals surface area contributed by atoms with Crippen LogP contribution in [-0.2, 0) is 6.42 Å². The molecular formula is C14H21ClN2. The molecule has 94 valence electrons. The molecule has 1 aromatic carbocycles. The van der Waals surface area contributed by atoms with E-state index in [2.05, 4.69) is 36.2 Å². The van der Waals surface area contributed by atoms with Crippen LogP contribution in [0, 0.1) is 0 Å². The first-order chi connectivity index (χ1) is 8.15. The van der Waals surface area contributed by atoms with E-state index < -0.39 is 0 Å². The highest BCUT2D eigenvalue weighted by Gasteiger charge is 2.20. The summed E-state index contributed by atoms with van der Waals surface area (Å²) in [6.07, 6.45) is 1.10. The molecule has 1 heterocycles. The maximum atomic E-state index is 5.90. The molecule has 2 atom stereocenters. The Balaban J connectivity index is 1.91. The summed E-state index contributed by atoms with van der Waals surface area (Å²) in [4.78, 5) is 2.57. The Bertz CT molecular complexity index is 350. The maximum absolute atomic E-state index is 5.90. The quantitative estimate of drug-likeness (QED) is 0.890. The van der Waals surface area contributed by atoms with E-state index in [1.807, 2.05) is 12.1 Å². The summed E-state index contributed by atoms with van der Waals surface area (Å²) in [7, 11) is 0. The minimum absolute atomic E-state index is 0.598. The van der Waals surface area contributed by atoms with Crippen molar-refractivity contribution in [2.75, 3.05) is 19.6 Å². The minimum atomic E-state index is 0.598. The third kappa shape index (κ3) is 3.70. The molecule has 1 aromatic rings. The van der Waals surface area contributed by atoms with Crippen LogP contribution < -0.4 is 5.32 Å². The summed E-state index contributed by atoms with van der Waals surface area (Å²) >= 11 is 5.90. The Morgan fingerprint density at radius 2 is 2.12 bits per heavy atom. The Morgan fingerprint density at radius 1 is 1.41 bits per heavy atom. The lowest BCUT2D eigenvalue weighted by molar-refractivity contribution is 0.157. The fraction of sp³-hybridized carbons (Fsp3) is 0.571. The molecule has 0 aromatic heterocycles. The standard InChI is InChI=1S/C14H21ClN2/c1-11-10-17(8-7-16-11)12(2)9-13-3-5-14(15)6-4-13/h3-6,11-12,16H,7-10H2,1-2H3. The molecule has 0 spiro atoms. The van der Waals surface area contributed by atoms with E-state index in [1.165, 1.54) is 5.56 Å². The van der Waals surface area contributed by atoms with E-state index in [-0.39, 0.29) is 0 Å². The summed E-state index contributed by atoms with van der Waals surface area (Å²) in [6, 6.07) is 9.42. The van der Waals surface area contributed by atoms with Gasteiger partial charge in [-0.2, -0.15) is 0 Å². The average molecular weight is 253 g/mol. The molecule has 3 heteroatoms. The molecule has 1 saturated heterocycles. The second-order valence-electron chi connectivity index (χ2n) is 5.03. The van der Waals surface area contributed by atoms with E-state index in [0.717, 1.165) is 31.1 Å². The number of nitrogens with zero attached hydrogens (tertiary/aromatic N) is 1. The van der Waals surface area contributed by atoms with Gasteiger partial charge in [0, 0.05) is 36.7 Å². The number of hydrogen-bond acceptors (Lipinski definition) is 2. The predicted octanol–water partition coefficient (Wildman–Crippen LogP) is 2.56. The molecule has 0 radical (unpaired) electrons. The zero-order valence-corrected chi connectivity index (χ0v) is 11.4. The summed E-state index contributed by atoms with van der Waals surface area (Å²) in [6.45, 7) is 7.97. The summed E-state index contributed by atoms with van der Waals surface area (Å²) < 4.78 is 0. The lowest BCUT2D eigenvalue weighted by atomic mass is 10.0. The third-order valence-electron chi connectivity index (χ3n) is 3.47. The Morgan fingerprint density at radius 3 is 2.76 bits per heavy atom. The number of benzene rings is 1. The highest BCUT2D eigenvalue weighted by atomic mass is 35.5. The number of nitrogens with one attached hydrogen (secondary N) is 1. The first-order valence-electron chi connectivity index (χ1n) is 6.37. The largest absolute Gasteiger partial charge is 0.312 e. The first-order valence-corrected chi connectivity index (χ1v) is 6.75. The van der Waals surface area contributed by atoms with Crippen LogP contribution in [0.25, 0.3) is 0 Å². The topological polar surface area (TPSA) is 15.3 Å². The van der Waals surface area contributed by atoms with Gasteiger partial charge in [-0.1, -0.05) is 23.7 Å². The van der Waals surface area contributed by atoms with Gasteiger partial charge < -0.3 is 5.32 Å². The van der Waals surface area contributed by atoms with Crippen molar-refractivity contribution in [1.29, 1.82) is 0 Å². The van der Waals surface area contributed by atoms with Crippen LogP contribution in [0.15, 0.2) is 24.3 Å². The van der Waals surface area contributed by atoms with Crippen LogP contribution in [0.3, 0.4) is 0 Å². The molecule has 0 saturated carbocycles. The van der Waals surface area contributed by atoms with Crippen molar-refractivity contribution in [1.82, 2.24) is 10.2 Å². The maximum Gasteiger partial charge on any atom is 0.0406 e. The molecule has 17 heavy (non-hydrogen) atoms. The van der Waals surface area contributed by atoms with Gasteiger partial charge in [0.1, 0.15) is 0 Å². The number of halogens is 1. The van der Waals surface area contributed by atoms with Crippen LogP contribution in [0.5, 0.6) is 0 Å². The average Bonchev–Trinajstić information content (AvgIpc) is 2.32. The van der Waals surface area contributed by atoms with Crippen LogP contribution >= 0.6 is 11.6 Å². The number of hydrogen-bond donors (Lipinski definition) is 1. The normalized spacial score (nSPS) is 23.6. The lowest BCUT2D eigenvalue weighted by Gasteiger charge is -2.36. The lowest BCUT2D eigenvalue weighted by Crippen LogP contribution is -2.52. The van der Waals surface area contributed by atoms with Crippen molar-refractivity contribution in [3.8, 4) is 0 Å². The van der Waals surface area contributed by atoms with Gasteiger partial charge >= 0.3 is 0 Å². The van der Waals surface area contributed by atoms with Crippen molar-refractivity contribution < 1.29 is 0 Å². The van der Waals surface area contributed by atoms with Crippen molar-refractivity contribution in [2.24, 2.45) is 0 Å². The highest BCUT2D eigenvalue weighted by Crippen LogP contribution is 2.14. The summed E-state index contributed by atoms with van der Waals surface area (Å²) in [5.41, 5.74) is 1.37. The van der Waals surface area contributed by atoms with Crippen molar-refractivity contribution >= 4 is 11.6 Å². The molecule has 1 N–H and O–H groups in total. The Kier molecular flexibility index (Phi) is 4.43. The first kappa shape index (κ1) is 12.9.